The topological polar surface area (TPSA) is 60.4 Å². The summed E-state index contributed by atoms with van der Waals surface area (Å²) >= 11 is 2.21. The molecule has 0 bridgehead atoms. The number of hydrogen-bond donors (Lipinski definition) is 0. The molecule has 4 aliphatic carbocycles. The lowest BCUT2D eigenvalue weighted by atomic mass is 9.44. The third-order valence-electron chi connectivity index (χ3n) is 10.1. The van der Waals surface area contributed by atoms with Crippen molar-refractivity contribution in [1.29, 1.82) is 0 Å². The zero-order valence-corrected chi connectivity index (χ0v) is 22.1. The fraction of sp³-hybridized carbons (Fsp3) is 0.679. The predicted octanol–water partition coefficient (Wildman–Crippen LogP) is 6.24. The first kappa shape index (κ1) is 23.5. The van der Waals surface area contributed by atoms with Gasteiger partial charge in [0.2, 0.25) is 0 Å². The van der Waals surface area contributed by atoms with E-state index in [-0.39, 0.29) is 40.5 Å². The highest BCUT2D eigenvalue weighted by atomic mass is 127. The van der Waals surface area contributed by atoms with Crippen LogP contribution in [0.25, 0.3) is 0 Å². The maximum atomic E-state index is 13.7. The number of Topliss-reactive ketones (excluding diaryl/α,β-unsaturated/α-hetero) is 2. The van der Waals surface area contributed by atoms with E-state index in [0.717, 1.165) is 48.5 Å². The van der Waals surface area contributed by atoms with Gasteiger partial charge in [0.25, 0.3) is 0 Å². The van der Waals surface area contributed by atoms with Crippen molar-refractivity contribution in [2.24, 2.45) is 40.4 Å². The van der Waals surface area contributed by atoms with Crippen LogP contribution < -0.4 is 0 Å². The van der Waals surface area contributed by atoms with Crippen molar-refractivity contribution in [3.8, 4) is 0 Å². The summed E-state index contributed by atoms with van der Waals surface area (Å²) in [5.41, 5.74) is 0.454. The van der Waals surface area contributed by atoms with Gasteiger partial charge < -0.3 is 4.74 Å². The second-order valence-electron chi connectivity index (χ2n) is 11.7. The van der Waals surface area contributed by atoms with Gasteiger partial charge in [-0.2, -0.15) is 0 Å². The van der Waals surface area contributed by atoms with Crippen molar-refractivity contribution in [2.45, 2.75) is 78.2 Å². The molecule has 0 spiro atoms. The van der Waals surface area contributed by atoms with Gasteiger partial charge in [-0.15, -0.1) is 0 Å². The second-order valence-corrected chi connectivity index (χ2v) is 13.0. The minimum absolute atomic E-state index is 0.0132. The molecule has 0 aliphatic heterocycles. The third-order valence-corrected chi connectivity index (χ3v) is 10.8. The lowest BCUT2D eigenvalue weighted by Crippen LogP contribution is -2.58. The Kier molecular flexibility index (Phi) is 6.02. The predicted molar refractivity (Wildman–Crippen MR) is 135 cm³/mol. The number of esters is 1. The Morgan fingerprint density at radius 3 is 2.58 bits per heavy atom. The summed E-state index contributed by atoms with van der Waals surface area (Å²) in [7, 11) is 0. The van der Waals surface area contributed by atoms with Crippen LogP contribution in [0.3, 0.4) is 0 Å². The summed E-state index contributed by atoms with van der Waals surface area (Å²) in [6, 6.07) is 7.54. The lowest BCUT2D eigenvalue weighted by molar-refractivity contribution is -0.162. The molecule has 8 unspecified atom stereocenters. The fourth-order valence-electron chi connectivity index (χ4n) is 8.64. The van der Waals surface area contributed by atoms with Gasteiger partial charge in [0.15, 0.2) is 0 Å². The summed E-state index contributed by atoms with van der Waals surface area (Å²) in [6.07, 6.45) is 7.33. The normalized spacial score (nSPS) is 42.1. The number of carbonyl (C=O) groups excluding carboxylic acids is 3. The van der Waals surface area contributed by atoms with Crippen molar-refractivity contribution < 1.29 is 19.1 Å². The van der Waals surface area contributed by atoms with Crippen LogP contribution >= 0.6 is 22.6 Å². The molecule has 0 aromatic heterocycles. The van der Waals surface area contributed by atoms with E-state index in [4.69, 9.17) is 4.74 Å². The minimum atomic E-state index is -0.235. The standard InChI is InChI=1S/C28H35IO4/c1-16(30)22-9-10-23-21-8-7-18-14-20(33-26(32)17-5-4-6-19(29)13-17)11-12-27(18,2)25(21)24(31)15-28(22,23)3/h4-6,13,18,20-23,25H,7-12,14-15H2,1-3H3. The SMILES string of the molecule is CC(=O)C1CCC2C3CCC4CC(OC(=O)c5cccc(I)c5)CCC4(C)C3C(=O)CC12C. The van der Waals surface area contributed by atoms with Crippen molar-refractivity contribution in [3.63, 3.8) is 0 Å². The summed E-state index contributed by atoms with van der Waals surface area (Å²) in [5.74, 6) is 1.90. The first-order valence-electron chi connectivity index (χ1n) is 12.6. The average molecular weight is 562 g/mol. The van der Waals surface area contributed by atoms with Gasteiger partial charge in [0.1, 0.15) is 17.7 Å². The molecule has 178 valence electrons. The van der Waals surface area contributed by atoms with Gasteiger partial charge >= 0.3 is 5.97 Å². The van der Waals surface area contributed by atoms with Crippen LogP contribution in [0.5, 0.6) is 0 Å². The summed E-state index contributed by atoms with van der Waals surface area (Å²) in [6.45, 7) is 6.27. The highest BCUT2D eigenvalue weighted by Gasteiger charge is 2.63. The average Bonchev–Trinajstić information content (AvgIpc) is 3.10. The van der Waals surface area contributed by atoms with E-state index in [2.05, 4.69) is 36.4 Å². The zero-order valence-electron chi connectivity index (χ0n) is 19.9. The Hall–Kier alpha value is -1.24. The van der Waals surface area contributed by atoms with Crippen LogP contribution in [0, 0.1) is 44.0 Å². The zero-order chi connectivity index (χ0) is 23.5. The van der Waals surface area contributed by atoms with Crippen LogP contribution in [0.1, 0.15) is 82.5 Å². The first-order chi connectivity index (χ1) is 15.6. The van der Waals surface area contributed by atoms with Crippen LogP contribution in [0.2, 0.25) is 0 Å². The first-order valence-corrected chi connectivity index (χ1v) is 13.7. The van der Waals surface area contributed by atoms with Gasteiger partial charge in [0, 0.05) is 21.8 Å². The smallest absolute Gasteiger partial charge is 0.338 e. The molecule has 1 aromatic carbocycles. The number of hydrogen-bond acceptors (Lipinski definition) is 4. The molecule has 0 heterocycles. The van der Waals surface area contributed by atoms with Crippen molar-refractivity contribution in [1.82, 2.24) is 0 Å². The van der Waals surface area contributed by atoms with E-state index in [1.807, 2.05) is 24.3 Å². The second kappa shape index (κ2) is 8.46. The fourth-order valence-corrected chi connectivity index (χ4v) is 9.19. The Bertz CT molecular complexity index is 988. The van der Waals surface area contributed by atoms with Gasteiger partial charge in [0.05, 0.1) is 5.56 Å². The molecular formula is C28H35IO4. The van der Waals surface area contributed by atoms with Crippen LogP contribution in [0.15, 0.2) is 24.3 Å². The van der Waals surface area contributed by atoms with Crippen LogP contribution in [-0.2, 0) is 14.3 Å². The quantitative estimate of drug-likeness (QED) is 0.323. The van der Waals surface area contributed by atoms with Crippen molar-refractivity contribution >= 4 is 40.1 Å². The number of ether oxygens (including phenoxy) is 1. The third kappa shape index (κ3) is 3.81. The number of halogens is 1. The molecule has 4 nitrogen and oxygen atoms in total. The number of benzene rings is 1. The molecule has 4 saturated carbocycles. The van der Waals surface area contributed by atoms with E-state index < -0.39 is 0 Å². The van der Waals surface area contributed by atoms with Crippen LogP contribution in [0.4, 0.5) is 0 Å². The highest BCUT2D eigenvalue weighted by molar-refractivity contribution is 14.1. The minimum Gasteiger partial charge on any atom is -0.459 e. The molecule has 4 aliphatic rings. The molecule has 8 atom stereocenters. The number of carbonyl (C=O) groups is 3. The monoisotopic (exact) mass is 562 g/mol. The molecule has 5 rings (SSSR count). The molecule has 1 aromatic rings. The Balaban J connectivity index is 1.32. The van der Waals surface area contributed by atoms with E-state index in [1.54, 1.807) is 6.92 Å². The number of ketones is 2. The van der Waals surface area contributed by atoms with E-state index in [0.29, 0.717) is 35.5 Å². The molecule has 0 N–H and O–H groups in total. The van der Waals surface area contributed by atoms with E-state index in [9.17, 15) is 14.4 Å². The Labute approximate surface area is 210 Å². The van der Waals surface area contributed by atoms with Gasteiger partial charge in [-0.25, -0.2) is 4.79 Å². The maximum Gasteiger partial charge on any atom is 0.338 e. The lowest BCUT2D eigenvalue weighted by Gasteiger charge is -2.59. The molecule has 0 saturated heterocycles. The van der Waals surface area contributed by atoms with E-state index in [1.165, 1.54) is 0 Å². The molecule has 5 heteroatoms. The Morgan fingerprint density at radius 1 is 1.06 bits per heavy atom. The van der Waals surface area contributed by atoms with Gasteiger partial charge in [-0.05, 0) is 121 Å². The molecule has 33 heavy (non-hydrogen) atoms. The summed E-state index contributed by atoms with van der Waals surface area (Å²) < 4.78 is 6.98. The van der Waals surface area contributed by atoms with Crippen LogP contribution in [-0.4, -0.2) is 23.6 Å². The molecule has 4 fully saturated rings. The van der Waals surface area contributed by atoms with E-state index >= 15 is 0 Å². The maximum absolute atomic E-state index is 13.7. The number of fused-ring (bicyclic) bond motifs is 5. The summed E-state index contributed by atoms with van der Waals surface area (Å²) in [4.78, 5) is 38.8. The largest absolute Gasteiger partial charge is 0.459 e. The van der Waals surface area contributed by atoms with Gasteiger partial charge in [-0.3, -0.25) is 9.59 Å². The molecular weight excluding hydrogens is 527 g/mol. The molecule has 0 amide bonds. The number of rotatable bonds is 3. The Morgan fingerprint density at radius 2 is 1.85 bits per heavy atom. The van der Waals surface area contributed by atoms with Crippen molar-refractivity contribution in [3.05, 3.63) is 33.4 Å². The molecule has 0 radical (unpaired) electrons. The summed E-state index contributed by atoms with van der Waals surface area (Å²) in [5, 5.41) is 0. The van der Waals surface area contributed by atoms with Crippen molar-refractivity contribution in [2.75, 3.05) is 0 Å². The highest BCUT2D eigenvalue weighted by Crippen LogP contribution is 2.66. The van der Waals surface area contributed by atoms with Gasteiger partial charge in [-0.1, -0.05) is 19.9 Å².